The summed E-state index contributed by atoms with van der Waals surface area (Å²) in [5.41, 5.74) is 5.23. The Hall–Kier alpha value is -3.45. The third kappa shape index (κ3) is 3.20. The molecule has 6 nitrogen and oxygen atoms in total. The molecule has 1 atom stereocenters. The van der Waals surface area contributed by atoms with Gasteiger partial charge >= 0.3 is 0 Å². The molecular formula is C20H15N3O3S. The maximum absolute atomic E-state index is 13.0. The van der Waals surface area contributed by atoms with Crippen LogP contribution in [0.25, 0.3) is 5.70 Å². The molecule has 27 heavy (non-hydrogen) atoms. The van der Waals surface area contributed by atoms with Gasteiger partial charge in [-0.1, -0.05) is 48.5 Å². The van der Waals surface area contributed by atoms with E-state index in [1.807, 2.05) is 41.8 Å². The lowest BCUT2D eigenvalue weighted by molar-refractivity contribution is -0.385. The maximum Gasteiger partial charge on any atom is 0.283 e. The maximum atomic E-state index is 13.0. The molecule has 3 aromatic rings. The highest BCUT2D eigenvalue weighted by Crippen LogP contribution is 2.36. The third-order valence-corrected chi connectivity index (χ3v) is 5.19. The second kappa shape index (κ2) is 7.05. The van der Waals surface area contributed by atoms with Crippen LogP contribution in [-0.2, 0) is 0 Å². The Balaban J connectivity index is 1.80. The van der Waals surface area contributed by atoms with Crippen LogP contribution in [0.1, 0.15) is 26.8 Å². The minimum Gasteiger partial charge on any atom is -0.294 e. The number of benzene rings is 2. The highest BCUT2D eigenvalue weighted by Gasteiger charge is 2.35. The Kier molecular flexibility index (Phi) is 4.43. The average Bonchev–Trinajstić information content (AvgIpc) is 3.38. The van der Waals surface area contributed by atoms with Crippen molar-refractivity contribution in [2.45, 2.75) is 6.04 Å². The molecule has 1 aromatic heterocycles. The van der Waals surface area contributed by atoms with E-state index >= 15 is 0 Å². The van der Waals surface area contributed by atoms with Crippen molar-refractivity contribution in [1.29, 1.82) is 0 Å². The van der Waals surface area contributed by atoms with E-state index in [1.165, 1.54) is 22.4 Å². The van der Waals surface area contributed by atoms with E-state index in [0.29, 0.717) is 10.4 Å². The second-order valence-corrected chi connectivity index (χ2v) is 6.92. The number of nitrogens with one attached hydrogen (secondary N) is 1. The monoisotopic (exact) mass is 377 g/mol. The number of nitrogens with zero attached hydrogens (tertiary/aromatic N) is 2. The highest BCUT2D eigenvalue weighted by atomic mass is 32.1. The molecule has 0 saturated carbocycles. The largest absolute Gasteiger partial charge is 0.294 e. The van der Waals surface area contributed by atoms with Crippen molar-refractivity contribution in [1.82, 2.24) is 10.4 Å². The van der Waals surface area contributed by atoms with E-state index in [4.69, 9.17) is 0 Å². The number of hydrogen-bond acceptors (Lipinski definition) is 5. The first-order chi connectivity index (χ1) is 13.1. The molecule has 0 saturated heterocycles. The first-order valence-electron chi connectivity index (χ1n) is 8.29. The van der Waals surface area contributed by atoms with E-state index in [-0.39, 0.29) is 11.6 Å². The van der Waals surface area contributed by atoms with Crippen LogP contribution in [0.5, 0.6) is 0 Å². The Morgan fingerprint density at radius 1 is 1.04 bits per heavy atom. The van der Waals surface area contributed by atoms with Crippen molar-refractivity contribution in [3.8, 4) is 0 Å². The van der Waals surface area contributed by atoms with Crippen LogP contribution in [0, 0.1) is 10.1 Å². The van der Waals surface area contributed by atoms with Crippen LogP contribution in [-0.4, -0.2) is 15.8 Å². The number of hydrogen-bond donors (Lipinski definition) is 1. The van der Waals surface area contributed by atoms with E-state index in [9.17, 15) is 14.9 Å². The highest BCUT2D eigenvalue weighted by molar-refractivity contribution is 7.12. The molecule has 1 unspecified atom stereocenters. The summed E-state index contributed by atoms with van der Waals surface area (Å²) in [7, 11) is 0. The predicted molar refractivity (Wildman–Crippen MR) is 104 cm³/mol. The molecule has 0 radical (unpaired) electrons. The summed E-state index contributed by atoms with van der Waals surface area (Å²) in [5.74, 6) is -0.227. The molecule has 2 heterocycles. The number of nitro groups is 1. The molecule has 1 N–H and O–H groups in total. The normalized spacial score (nSPS) is 15.9. The Morgan fingerprint density at radius 3 is 2.48 bits per heavy atom. The van der Waals surface area contributed by atoms with Crippen molar-refractivity contribution in [3.63, 3.8) is 0 Å². The summed E-state index contributed by atoms with van der Waals surface area (Å²) in [4.78, 5) is 24.7. The van der Waals surface area contributed by atoms with Crippen molar-refractivity contribution < 1.29 is 9.72 Å². The molecule has 0 spiro atoms. The Morgan fingerprint density at radius 2 is 1.78 bits per heavy atom. The van der Waals surface area contributed by atoms with Gasteiger partial charge in [0.25, 0.3) is 11.6 Å². The average molecular weight is 377 g/mol. The van der Waals surface area contributed by atoms with Crippen LogP contribution < -0.4 is 5.43 Å². The smallest absolute Gasteiger partial charge is 0.283 e. The van der Waals surface area contributed by atoms with Gasteiger partial charge in [-0.3, -0.25) is 20.3 Å². The Labute approximate surface area is 159 Å². The lowest BCUT2D eigenvalue weighted by atomic mass is 10.0. The number of thiophene rings is 1. The number of amides is 1. The SMILES string of the molecule is O=C(c1cccs1)N1NC(c2ccccc2)=CC1c1ccccc1[N+](=O)[O-]. The van der Waals surface area contributed by atoms with Crippen LogP contribution in [0.4, 0.5) is 5.69 Å². The summed E-state index contributed by atoms with van der Waals surface area (Å²) in [5, 5.41) is 14.8. The zero-order valence-electron chi connectivity index (χ0n) is 14.1. The van der Waals surface area contributed by atoms with Gasteiger partial charge in [-0.05, 0) is 29.2 Å². The van der Waals surface area contributed by atoms with Gasteiger partial charge in [0.05, 0.1) is 21.1 Å². The molecule has 0 fully saturated rings. The molecule has 0 aliphatic carbocycles. The fourth-order valence-corrected chi connectivity index (χ4v) is 3.74. The number of hydrazine groups is 1. The number of rotatable bonds is 4. The van der Waals surface area contributed by atoms with E-state index in [1.54, 1.807) is 30.3 Å². The second-order valence-electron chi connectivity index (χ2n) is 5.97. The van der Waals surface area contributed by atoms with Gasteiger partial charge < -0.3 is 0 Å². The van der Waals surface area contributed by atoms with E-state index in [0.717, 1.165) is 11.3 Å². The summed E-state index contributed by atoms with van der Waals surface area (Å²) in [6.07, 6.45) is 1.85. The summed E-state index contributed by atoms with van der Waals surface area (Å²) < 4.78 is 0. The van der Waals surface area contributed by atoms with Gasteiger partial charge in [-0.15, -0.1) is 11.3 Å². The van der Waals surface area contributed by atoms with Crippen molar-refractivity contribution in [2.24, 2.45) is 0 Å². The first-order valence-corrected chi connectivity index (χ1v) is 9.17. The molecule has 4 rings (SSSR count). The van der Waals surface area contributed by atoms with Crippen LogP contribution in [0.2, 0.25) is 0 Å². The molecule has 2 aromatic carbocycles. The number of carbonyl (C=O) groups is 1. The molecule has 1 aliphatic heterocycles. The summed E-state index contributed by atoms with van der Waals surface area (Å²) in [6.45, 7) is 0. The number of carbonyl (C=O) groups excluding carboxylic acids is 1. The quantitative estimate of drug-likeness (QED) is 0.540. The van der Waals surface area contributed by atoms with Crippen molar-refractivity contribution >= 4 is 28.6 Å². The van der Waals surface area contributed by atoms with Crippen molar-refractivity contribution in [3.05, 3.63) is 104 Å². The minimum atomic E-state index is -0.587. The topological polar surface area (TPSA) is 75.5 Å². The molecule has 1 aliphatic rings. The molecular weight excluding hydrogens is 362 g/mol. The van der Waals surface area contributed by atoms with E-state index < -0.39 is 11.0 Å². The first kappa shape index (κ1) is 17.0. The fourth-order valence-electron chi connectivity index (χ4n) is 3.08. The lowest BCUT2D eigenvalue weighted by Gasteiger charge is -2.24. The molecule has 134 valence electrons. The third-order valence-electron chi connectivity index (χ3n) is 4.33. The zero-order valence-corrected chi connectivity index (χ0v) is 14.9. The zero-order chi connectivity index (χ0) is 18.8. The van der Waals surface area contributed by atoms with Crippen LogP contribution in [0.15, 0.2) is 78.2 Å². The van der Waals surface area contributed by atoms with Gasteiger partial charge in [-0.2, -0.15) is 0 Å². The van der Waals surface area contributed by atoms with Gasteiger partial charge in [0, 0.05) is 6.07 Å². The minimum absolute atomic E-state index is 0.0150. The van der Waals surface area contributed by atoms with Crippen molar-refractivity contribution in [2.75, 3.05) is 0 Å². The fraction of sp³-hybridized carbons (Fsp3) is 0.0500. The van der Waals surface area contributed by atoms with Gasteiger partial charge in [0.15, 0.2) is 0 Å². The molecule has 7 heteroatoms. The molecule has 1 amide bonds. The van der Waals surface area contributed by atoms with Crippen LogP contribution in [0.3, 0.4) is 0 Å². The molecule has 0 bridgehead atoms. The Bertz CT molecular complexity index is 1020. The summed E-state index contributed by atoms with van der Waals surface area (Å²) in [6, 6.07) is 19.0. The van der Waals surface area contributed by atoms with Gasteiger partial charge in [0.1, 0.15) is 6.04 Å². The lowest BCUT2D eigenvalue weighted by Crippen LogP contribution is -2.39. The predicted octanol–water partition coefficient (Wildman–Crippen LogP) is 4.40. The van der Waals surface area contributed by atoms with Gasteiger partial charge in [0.2, 0.25) is 0 Å². The standard InChI is InChI=1S/C20H15N3O3S/c24-20(19-11-6-12-27-19)22-18(15-9-4-5-10-17(15)23(25)26)13-16(21-22)14-7-2-1-3-8-14/h1-13,18,21H. The van der Waals surface area contributed by atoms with Gasteiger partial charge in [-0.25, -0.2) is 5.01 Å². The number of nitro benzene ring substituents is 1. The van der Waals surface area contributed by atoms with Crippen LogP contribution >= 0.6 is 11.3 Å². The van der Waals surface area contributed by atoms with E-state index in [2.05, 4.69) is 5.43 Å². The number of para-hydroxylation sites is 1. The summed E-state index contributed by atoms with van der Waals surface area (Å²) >= 11 is 1.33.